The van der Waals surface area contributed by atoms with Crippen LogP contribution in [-0.4, -0.2) is 43.8 Å². The van der Waals surface area contributed by atoms with Crippen LogP contribution in [0.15, 0.2) is 71.6 Å². The van der Waals surface area contributed by atoms with Crippen LogP contribution in [0, 0.1) is 13.8 Å². The molecule has 0 aliphatic rings. The zero-order valence-electron chi connectivity index (χ0n) is 23.3. The first-order chi connectivity index (χ1) is 18.9. The zero-order valence-corrected chi connectivity index (χ0v) is 25.6. The molecular formula is C30H35Cl2N3O4S. The first-order valence-electron chi connectivity index (χ1n) is 13.0. The summed E-state index contributed by atoms with van der Waals surface area (Å²) in [5, 5.41) is 3.68. The third-order valence-corrected chi connectivity index (χ3v) is 9.06. The highest BCUT2D eigenvalue weighted by molar-refractivity contribution is 7.92. The van der Waals surface area contributed by atoms with Gasteiger partial charge in [0.2, 0.25) is 11.8 Å². The number of amides is 2. The molecule has 0 aromatic heterocycles. The minimum atomic E-state index is -4.19. The van der Waals surface area contributed by atoms with Crippen LogP contribution in [0.2, 0.25) is 10.0 Å². The lowest BCUT2D eigenvalue weighted by Crippen LogP contribution is -2.53. The first-order valence-corrected chi connectivity index (χ1v) is 15.2. The van der Waals surface area contributed by atoms with E-state index in [4.69, 9.17) is 23.2 Å². The van der Waals surface area contributed by atoms with Gasteiger partial charge in [0.1, 0.15) is 12.6 Å². The summed E-state index contributed by atoms with van der Waals surface area (Å²) >= 11 is 12.8. The molecule has 0 radical (unpaired) electrons. The van der Waals surface area contributed by atoms with Crippen molar-refractivity contribution in [3.05, 3.63) is 93.5 Å². The Hall–Kier alpha value is -3.07. The highest BCUT2D eigenvalue weighted by atomic mass is 35.5. The summed E-state index contributed by atoms with van der Waals surface area (Å²) in [4.78, 5) is 28.8. The first kappa shape index (κ1) is 31.5. The average Bonchev–Trinajstić information content (AvgIpc) is 2.89. The van der Waals surface area contributed by atoms with E-state index in [2.05, 4.69) is 5.32 Å². The Morgan fingerprint density at radius 1 is 0.900 bits per heavy atom. The maximum Gasteiger partial charge on any atom is 0.264 e. The molecule has 0 unspecified atom stereocenters. The summed E-state index contributed by atoms with van der Waals surface area (Å²) in [7, 11) is -4.19. The van der Waals surface area contributed by atoms with E-state index in [1.54, 1.807) is 68.4 Å². The van der Waals surface area contributed by atoms with E-state index in [9.17, 15) is 18.0 Å². The van der Waals surface area contributed by atoms with Crippen LogP contribution in [0.5, 0.6) is 0 Å². The van der Waals surface area contributed by atoms with E-state index in [-0.39, 0.29) is 29.1 Å². The number of hydrogen-bond donors (Lipinski definition) is 1. The van der Waals surface area contributed by atoms with Crippen molar-refractivity contribution in [1.82, 2.24) is 10.2 Å². The lowest BCUT2D eigenvalue weighted by Gasteiger charge is -2.34. The van der Waals surface area contributed by atoms with Gasteiger partial charge in [-0.2, -0.15) is 0 Å². The lowest BCUT2D eigenvalue weighted by atomic mass is 10.1. The van der Waals surface area contributed by atoms with Gasteiger partial charge in [-0.05, 0) is 75.6 Å². The molecule has 0 fully saturated rings. The second-order valence-electron chi connectivity index (χ2n) is 9.91. The minimum Gasteiger partial charge on any atom is -0.352 e. The van der Waals surface area contributed by atoms with Crippen molar-refractivity contribution >= 4 is 50.7 Å². The number of benzene rings is 3. The van der Waals surface area contributed by atoms with Crippen molar-refractivity contribution in [1.29, 1.82) is 0 Å². The van der Waals surface area contributed by atoms with Gasteiger partial charge in [-0.25, -0.2) is 8.42 Å². The van der Waals surface area contributed by atoms with Gasteiger partial charge in [0, 0.05) is 22.6 Å². The van der Waals surface area contributed by atoms with Gasteiger partial charge in [0.05, 0.1) is 10.6 Å². The van der Waals surface area contributed by atoms with Gasteiger partial charge in [-0.3, -0.25) is 13.9 Å². The molecule has 3 rings (SSSR count). The van der Waals surface area contributed by atoms with Crippen molar-refractivity contribution < 1.29 is 18.0 Å². The Bertz CT molecular complexity index is 1460. The second kappa shape index (κ2) is 13.5. The second-order valence-corrected chi connectivity index (χ2v) is 12.6. The molecule has 1 atom stereocenters. The quantitative estimate of drug-likeness (QED) is 0.285. The normalized spacial score (nSPS) is 12.2. The maximum atomic E-state index is 14.1. The molecule has 0 saturated heterocycles. The van der Waals surface area contributed by atoms with Gasteiger partial charge in [0.25, 0.3) is 10.0 Å². The molecule has 40 heavy (non-hydrogen) atoms. The molecule has 0 saturated carbocycles. The van der Waals surface area contributed by atoms with Crippen molar-refractivity contribution in [3.63, 3.8) is 0 Å². The van der Waals surface area contributed by atoms with E-state index in [0.29, 0.717) is 27.6 Å². The Kier molecular flexibility index (Phi) is 10.6. The highest BCUT2D eigenvalue weighted by Crippen LogP contribution is 2.31. The summed E-state index contributed by atoms with van der Waals surface area (Å²) in [5.41, 5.74) is 2.32. The van der Waals surface area contributed by atoms with Crippen LogP contribution < -0.4 is 9.62 Å². The number of nitrogens with one attached hydrogen (secondary N) is 1. The van der Waals surface area contributed by atoms with E-state index in [1.807, 2.05) is 20.8 Å². The average molecular weight is 605 g/mol. The highest BCUT2D eigenvalue weighted by Gasteiger charge is 2.34. The number of carbonyl (C=O) groups excluding carboxylic acids is 2. The van der Waals surface area contributed by atoms with Gasteiger partial charge >= 0.3 is 0 Å². The standard InChI is InChI=1S/C30H35Cl2N3O4S/c1-6-27(30(37)33-20(2)3)34(18-23-10-7-8-11-26(23)32)29(36)19-35(28-13-9-12-25(31)22(28)5)40(38,39)24-16-14-21(4)15-17-24/h7-17,20,27H,6,18-19H2,1-5H3,(H,33,37)/t27-/m0/s1. The number of halogens is 2. The Labute approximate surface area is 247 Å². The number of sulfonamides is 1. The van der Waals surface area contributed by atoms with Crippen molar-refractivity contribution in [2.24, 2.45) is 0 Å². The van der Waals surface area contributed by atoms with E-state index >= 15 is 0 Å². The molecule has 1 N–H and O–H groups in total. The molecule has 0 aliphatic heterocycles. The Morgan fingerprint density at radius 2 is 1.52 bits per heavy atom. The molecular weight excluding hydrogens is 569 g/mol. The minimum absolute atomic E-state index is 0.0233. The van der Waals surface area contributed by atoms with Gasteiger partial charge < -0.3 is 10.2 Å². The molecule has 0 bridgehead atoms. The van der Waals surface area contributed by atoms with Crippen LogP contribution in [0.1, 0.15) is 43.9 Å². The number of anilines is 1. The van der Waals surface area contributed by atoms with Gasteiger partial charge in [0.15, 0.2) is 0 Å². The van der Waals surface area contributed by atoms with Crippen molar-refractivity contribution in [2.45, 2.75) is 64.6 Å². The van der Waals surface area contributed by atoms with Crippen LogP contribution in [0.25, 0.3) is 0 Å². The number of nitrogens with zero attached hydrogens (tertiary/aromatic N) is 2. The lowest BCUT2D eigenvalue weighted by molar-refractivity contribution is -0.140. The molecule has 7 nitrogen and oxygen atoms in total. The van der Waals surface area contributed by atoms with Crippen LogP contribution >= 0.6 is 23.2 Å². The van der Waals surface area contributed by atoms with Crippen LogP contribution in [0.4, 0.5) is 5.69 Å². The largest absolute Gasteiger partial charge is 0.352 e. The summed E-state index contributed by atoms with van der Waals surface area (Å²) in [6, 6.07) is 17.4. The number of rotatable bonds is 11. The predicted octanol–water partition coefficient (Wildman–Crippen LogP) is 6.14. The molecule has 0 aliphatic carbocycles. The number of carbonyl (C=O) groups is 2. The van der Waals surface area contributed by atoms with Gasteiger partial charge in [-0.1, -0.05) is 72.1 Å². The van der Waals surface area contributed by atoms with E-state index in [1.165, 1.54) is 17.0 Å². The SMILES string of the molecule is CC[C@@H](C(=O)NC(C)C)N(Cc1ccccc1Cl)C(=O)CN(c1cccc(Cl)c1C)S(=O)(=O)c1ccc(C)cc1. The fourth-order valence-corrected chi connectivity index (χ4v) is 6.16. The maximum absolute atomic E-state index is 14.1. The Morgan fingerprint density at radius 3 is 2.12 bits per heavy atom. The van der Waals surface area contributed by atoms with Crippen LogP contribution in [-0.2, 0) is 26.2 Å². The van der Waals surface area contributed by atoms with Gasteiger partial charge in [-0.15, -0.1) is 0 Å². The summed E-state index contributed by atoms with van der Waals surface area (Å²) in [5.74, 6) is -0.884. The summed E-state index contributed by atoms with van der Waals surface area (Å²) in [6.07, 6.45) is 0.315. The fraction of sp³-hybridized carbons (Fsp3) is 0.333. The summed E-state index contributed by atoms with van der Waals surface area (Å²) in [6.45, 7) is 8.51. The Balaban J connectivity index is 2.12. The zero-order chi connectivity index (χ0) is 29.6. The predicted molar refractivity (Wildman–Crippen MR) is 161 cm³/mol. The third-order valence-electron chi connectivity index (χ3n) is 6.51. The molecule has 2 amide bonds. The van der Waals surface area contributed by atoms with Crippen molar-refractivity contribution in [3.8, 4) is 0 Å². The smallest absolute Gasteiger partial charge is 0.264 e. The topological polar surface area (TPSA) is 86.8 Å². The van der Waals surface area contributed by atoms with E-state index < -0.39 is 28.5 Å². The fourth-order valence-electron chi connectivity index (χ4n) is 4.33. The number of aryl methyl sites for hydroxylation is 1. The molecule has 0 spiro atoms. The van der Waals surface area contributed by atoms with Crippen molar-refractivity contribution in [2.75, 3.05) is 10.8 Å². The third kappa shape index (κ3) is 7.36. The summed E-state index contributed by atoms with van der Waals surface area (Å²) < 4.78 is 29.1. The molecule has 3 aromatic carbocycles. The molecule has 10 heteroatoms. The van der Waals surface area contributed by atoms with E-state index in [0.717, 1.165) is 9.87 Å². The van der Waals surface area contributed by atoms with Crippen LogP contribution in [0.3, 0.4) is 0 Å². The monoisotopic (exact) mass is 603 g/mol. The molecule has 0 heterocycles. The molecule has 214 valence electrons. The number of hydrogen-bond acceptors (Lipinski definition) is 4. The molecule has 3 aromatic rings.